The summed E-state index contributed by atoms with van der Waals surface area (Å²) in [5.41, 5.74) is 0. The lowest BCUT2D eigenvalue weighted by atomic mass is 9.98. The zero-order valence-electron chi connectivity index (χ0n) is 37.1. The fourth-order valence-corrected chi connectivity index (χ4v) is 6.71. The van der Waals surface area contributed by atoms with Gasteiger partial charge in [0.2, 0.25) is 0 Å². The van der Waals surface area contributed by atoms with Crippen molar-refractivity contribution in [1.29, 1.82) is 0 Å². The lowest BCUT2D eigenvalue weighted by Gasteiger charge is -2.42. The largest absolute Gasteiger partial charge is 0.462 e. The first kappa shape index (κ1) is 55.3. The van der Waals surface area contributed by atoms with Crippen molar-refractivity contribution in [3.8, 4) is 0 Å². The van der Waals surface area contributed by atoms with Crippen molar-refractivity contribution in [2.45, 2.75) is 197 Å². The molecule has 11 atom stereocenters. The number of ether oxygens (including phenoxy) is 6. The molecule has 15 nitrogen and oxygen atoms in total. The molecule has 2 fully saturated rings. The molecule has 0 spiro atoms. The van der Waals surface area contributed by atoms with Gasteiger partial charge >= 0.3 is 11.9 Å². The molecule has 62 heavy (non-hydrogen) atoms. The Balaban J connectivity index is 1.81. The van der Waals surface area contributed by atoms with Gasteiger partial charge in [-0.25, -0.2) is 0 Å². The Hall–Kier alpha value is -2.80. The molecule has 15 heteroatoms. The monoisotopic (exact) mass is 883 g/mol. The van der Waals surface area contributed by atoms with Gasteiger partial charge in [0.25, 0.3) is 0 Å². The highest BCUT2D eigenvalue weighted by molar-refractivity contribution is 5.70. The predicted molar refractivity (Wildman–Crippen MR) is 233 cm³/mol. The van der Waals surface area contributed by atoms with Crippen LogP contribution in [-0.4, -0.2) is 142 Å². The lowest BCUT2D eigenvalue weighted by Crippen LogP contribution is -2.61. The Kier molecular flexibility index (Phi) is 30.9. The van der Waals surface area contributed by atoms with Gasteiger partial charge in [-0.3, -0.25) is 9.59 Å². The molecule has 0 amide bonds. The smallest absolute Gasteiger partial charge is 0.306 e. The normalized spacial score (nSPS) is 27.6. The highest BCUT2D eigenvalue weighted by Crippen LogP contribution is 2.26. The molecule has 2 heterocycles. The number of allylic oxidation sites excluding steroid dienone is 10. The number of aliphatic hydroxyl groups excluding tert-OH is 7. The molecule has 356 valence electrons. The summed E-state index contributed by atoms with van der Waals surface area (Å²) in [7, 11) is 0. The van der Waals surface area contributed by atoms with Gasteiger partial charge in [-0.15, -0.1) is 0 Å². The highest BCUT2D eigenvalue weighted by Gasteiger charge is 2.47. The number of unbranched alkanes of at least 4 members (excludes halogenated alkanes) is 9. The van der Waals surface area contributed by atoms with E-state index in [1.165, 1.54) is 6.42 Å². The van der Waals surface area contributed by atoms with Crippen molar-refractivity contribution < 1.29 is 73.8 Å². The van der Waals surface area contributed by atoms with Gasteiger partial charge in [-0.05, 0) is 57.8 Å². The Morgan fingerprint density at radius 1 is 0.532 bits per heavy atom. The molecule has 0 aliphatic carbocycles. The molecule has 2 saturated heterocycles. The number of hydrogen-bond acceptors (Lipinski definition) is 15. The van der Waals surface area contributed by atoms with E-state index in [1.54, 1.807) is 0 Å². The summed E-state index contributed by atoms with van der Waals surface area (Å²) in [5, 5.41) is 71.7. The molecule has 0 aromatic carbocycles. The van der Waals surface area contributed by atoms with E-state index in [0.717, 1.165) is 83.5 Å². The van der Waals surface area contributed by atoms with Crippen molar-refractivity contribution in [2.24, 2.45) is 0 Å². The number of hydrogen-bond donors (Lipinski definition) is 7. The minimum atomic E-state index is -1.77. The maximum Gasteiger partial charge on any atom is 0.306 e. The summed E-state index contributed by atoms with van der Waals surface area (Å²) in [5.74, 6) is -0.976. The molecular formula is C47H78O15. The van der Waals surface area contributed by atoms with Crippen LogP contribution in [0.3, 0.4) is 0 Å². The van der Waals surface area contributed by atoms with Gasteiger partial charge < -0.3 is 64.2 Å². The van der Waals surface area contributed by atoms with E-state index < -0.39 is 99.3 Å². The summed E-state index contributed by atoms with van der Waals surface area (Å²) < 4.78 is 33.3. The van der Waals surface area contributed by atoms with E-state index >= 15 is 0 Å². The average Bonchev–Trinajstić information content (AvgIpc) is 3.26. The Bertz CT molecular complexity index is 1320. The van der Waals surface area contributed by atoms with E-state index in [0.29, 0.717) is 12.8 Å². The van der Waals surface area contributed by atoms with Gasteiger partial charge in [0.1, 0.15) is 55.4 Å². The molecule has 2 rings (SSSR count). The van der Waals surface area contributed by atoms with Crippen LogP contribution in [0.5, 0.6) is 0 Å². The van der Waals surface area contributed by atoms with Gasteiger partial charge in [-0.2, -0.15) is 0 Å². The molecule has 7 N–H and O–H groups in total. The van der Waals surface area contributed by atoms with Crippen LogP contribution < -0.4 is 0 Å². The third kappa shape index (κ3) is 23.2. The third-order valence-electron chi connectivity index (χ3n) is 10.5. The zero-order valence-corrected chi connectivity index (χ0v) is 37.1. The van der Waals surface area contributed by atoms with Crippen LogP contribution in [0.1, 0.15) is 129 Å². The van der Waals surface area contributed by atoms with Gasteiger partial charge in [0, 0.05) is 12.8 Å². The van der Waals surface area contributed by atoms with Crippen LogP contribution in [0.15, 0.2) is 60.8 Å². The van der Waals surface area contributed by atoms with Crippen molar-refractivity contribution in [2.75, 3.05) is 26.4 Å². The molecule has 2 aliphatic rings. The Morgan fingerprint density at radius 2 is 1.02 bits per heavy atom. The van der Waals surface area contributed by atoms with Crippen molar-refractivity contribution in [1.82, 2.24) is 0 Å². The lowest BCUT2D eigenvalue weighted by molar-refractivity contribution is -0.332. The van der Waals surface area contributed by atoms with Gasteiger partial charge in [0.15, 0.2) is 18.7 Å². The molecule has 0 radical (unpaired) electrons. The molecule has 0 aromatic heterocycles. The summed E-state index contributed by atoms with van der Waals surface area (Å²) in [6.07, 6.45) is 20.1. The quantitative estimate of drug-likeness (QED) is 0.0263. The summed E-state index contributed by atoms with van der Waals surface area (Å²) in [6.45, 7) is 2.35. The van der Waals surface area contributed by atoms with Gasteiger partial charge in [-0.1, -0.05) is 120 Å². The molecular weight excluding hydrogens is 805 g/mol. The maximum absolute atomic E-state index is 12.8. The topological polar surface area (TPSA) is 231 Å². The minimum Gasteiger partial charge on any atom is -0.462 e. The molecule has 0 saturated carbocycles. The van der Waals surface area contributed by atoms with Crippen LogP contribution in [0.25, 0.3) is 0 Å². The first-order chi connectivity index (χ1) is 30.0. The van der Waals surface area contributed by atoms with Crippen LogP contribution in [0, 0.1) is 0 Å². The van der Waals surface area contributed by atoms with E-state index in [-0.39, 0.29) is 19.4 Å². The number of rotatable bonds is 33. The second-order valence-corrected chi connectivity index (χ2v) is 15.9. The standard InChI is InChI=1S/C47H78O15/c1-3-5-7-9-11-12-13-14-15-16-17-18-19-20-21-22-24-25-27-29-38(49)57-32-35(60-39(50)30-28-26-23-10-8-6-4-2)33-58-46-45(56)43(54)41(52)37(62-46)34-59-47-44(55)42(53)40(51)36(31-48)61-47/h5,7,11-12,14-15,17-18,20-21,35-37,40-48,51-56H,3-4,6,8-10,13,16,19,22-34H2,1-2H3/b7-5+,12-11+,15-14+,18-17+,21-20+/t35-,36+,37+,40-,41-,42?,43?,44?,45?,46+,47+/m0/s1. The summed E-state index contributed by atoms with van der Waals surface area (Å²) in [6, 6.07) is 0. The zero-order chi connectivity index (χ0) is 45.4. The Labute approximate surface area is 369 Å². The predicted octanol–water partition coefficient (Wildman–Crippen LogP) is 4.92. The molecule has 0 aromatic rings. The van der Waals surface area contributed by atoms with Gasteiger partial charge in [0.05, 0.1) is 19.8 Å². The van der Waals surface area contributed by atoms with Crippen LogP contribution in [0.2, 0.25) is 0 Å². The van der Waals surface area contributed by atoms with E-state index in [4.69, 9.17) is 28.4 Å². The summed E-state index contributed by atoms with van der Waals surface area (Å²) >= 11 is 0. The number of carbonyl (C=O) groups is 2. The summed E-state index contributed by atoms with van der Waals surface area (Å²) in [4.78, 5) is 25.5. The fraction of sp³-hybridized carbons (Fsp3) is 0.745. The number of aliphatic hydroxyl groups is 7. The van der Waals surface area contributed by atoms with Crippen LogP contribution in [0.4, 0.5) is 0 Å². The Morgan fingerprint density at radius 3 is 1.60 bits per heavy atom. The highest BCUT2D eigenvalue weighted by atomic mass is 16.7. The first-order valence-corrected chi connectivity index (χ1v) is 22.9. The molecule has 4 unspecified atom stereocenters. The van der Waals surface area contributed by atoms with E-state index in [1.807, 2.05) is 0 Å². The molecule has 0 bridgehead atoms. The van der Waals surface area contributed by atoms with Crippen molar-refractivity contribution in [3.63, 3.8) is 0 Å². The van der Waals surface area contributed by atoms with E-state index in [9.17, 15) is 45.3 Å². The van der Waals surface area contributed by atoms with Crippen molar-refractivity contribution in [3.05, 3.63) is 60.8 Å². The minimum absolute atomic E-state index is 0.154. The number of carbonyl (C=O) groups excluding carboxylic acids is 2. The second kappa shape index (κ2) is 34.6. The fourth-order valence-electron chi connectivity index (χ4n) is 6.71. The third-order valence-corrected chi connectivity index (χ3v) is 10.5. The van der Waals surface area contributed by atoms with Crippen LogP contribution in [-0.2, 0) is 38.0 Å². The second-order valence-electron chi connectivity index (χ2n) is 15.9. The van der Waals surface area contributed by atoms with Crippen LogP contribution >= 0.6 is 0 Å². The van der Waals surface area contributed by atoms with Crippen molar-refractivity contribution >= 4 is 11.9 Å². The first-order valence-electron chi connectivity index (χ1n) is 22.9. The van der Waals surface area contributed by atoms with E-state index in [2.05, 4.69) is 74.6 Å². The maximum atomic E-state index is 12.8. The number of esters is 2. The SMILES string of the molecule is CC/C=C/C/C=C/C/C=C/C/C=C/C/C=C/CCCCCC(=O)OC[C@@H](CO[C@@H]1O[C@H](CO[C@@H]2O[C@H](CO)[C@H](O)C(O)C2O)[C@H](O)C(O)C1O)OC(=O)CCCCCCCCC. The average molecular weight is 883 g/mol. The molecule has 2 aliphatic heterocycles.